The highest BCUT2D eigenvalue weighted by atomic mass is 16.3. The molecule has 0 aliphatic carbocycles. The van der Waals surface area contributed by atoms with Gasteiger partial charge < -0.3 is 15.0 Å². The van der Waals surface area contributed by atoms with Crippen LogP contribution in [0.3, 0.4) is 0 Å². The summed E-state index contributed by atoms with van der Waals surface area (Å²) in [5.74, 6) is 0.955. The van der Waals surface area contributed by atoms with E-state index in [1.165, 1.54) is 33.3 Å². The van der Waals surface area contributed by atoms with Gasteiger partial charge in [-0.15, -0.1) is 0 Å². The van der Waals surface area contributed by atoms with E-state index in [0.717, 1.165) is 42.9 Å². The zero-order chi connectivity index (χ0) is 28.4. The number of nitrogens with zero attached hydrogens (tertiary/aromatic N) is 3. The van der Waals surface area contributed by atoms with Crippen LogP contribution in [0.4, 0.5) is 0 Å². The summed E-state index contributed by atoms with van der Waals surface area (Å²) in [6, 6.07) is 20.8. The van der Waals surface area contributed by atoms with Crippen LogP contribution in [0.1, 0.15) is 72.7 Å². The number of aliphatic hydroxyl groups excluding tert-OH is 1. The van der Waals surface area contributed by atoms with Crippen molar-refractivity contribution in [3.05, 3.63) is 88.7 Å². The molecule has 0 saturated carbocycles. The second-order valence-corrected chi connectivity index (χ2v) is 11.8. The van der Waals surface area contributed by atoms with Crippen LogP contribution in [-0.2, 0) is 4.79 Å². The number of hydrogen-bond acceptors (Lipinski definition) is 4. The first-order chi connectivity index (χ1) is 19.2. The number of carbonyl (C=O) groups excluding carboxylic acids is 1. The Bertz CT molecular complexity index is 1450. The molecular formula is C34H42N4O2. The molecular weight excluding hydrogens is 496 g/mol. The molecule has 1 saturated heterocycles. The monoisotopic (exact) mass is 538 g/mol. The van der Waals surface area contributed by atoms with Crippen LogP contribution in [0, 0.1) is 13.8 Å². The minimum atomic E-state index is -0.601. The largest absolute Gasteiger partial charge is 0.387 e. The number of rotatable bonds is 8. The van der Waals surface area contributed by atoms with E-state index in [1.54, 1.807) is 0 Å². The number of likely N-dealkylation sites (N-methyl/N-ethyl adjacent to an activating group) is 1. The van der Waals surface area contributed by atoms with Crippen LogP contribution >= 0.6 is 0 Å². The molecule has 1 amide bonds. The molecule has 6 heteroatoms. The minimum absolute atomic E-state index is 0.136. The quantitative estimate of drug-likeness (QED) is 0.275. The van der Waals surface area contributed by atoms with Gasteiger partial charge in [0.1, 0.15) is 0 Å². The summed E-state index contributed by atoms with van der Waals surface area (Å²) >= 11 is 0. The van der Waals surface area contributed by atoms with Crippen molar-refractivity contribution >= 4 is 16.8 Å². The van der Waals surface area contributed by atoms with Crippen LogP contribution in [0.2, 0.25) is 0 Å². The Morgan fingerprint density at radius 1 is 1.05 bits per heavy atom. The SMILES string of the molecule is Cc1cc(-c2[nH]c3ccc(C4CCN(C(=O)CN(C)CC(O)c5ccccc5)CC4)cc3c2C(C)C)cc(C)n1. The molecule has 210 valence electrons. The standard InChI is InChI=1S/C34H42N4O2/c1-22(2)33-29-19-27(11-12-30(29)36-34(33)28-17-23(3)35-24(4)18-28)25-13-15-38(16-14-25)32(40)21-37(5)20-31(39)26-9-7-6-8-10-26/h6-12,17-19,22,25,31,36,39H,13-16,20-21H2,1-5H3. The summed E-state index contributed by atoms with van der Waals surface area (Å²) in [6.07, 6.45) is 1.32. The maximum atomic E-state index is 13.0. The molecule has 4 aromatic rings. The number of likely N-dealkylation sites (tertiary alicyclic amines) is 1. The van der Waals surface area contributed by atoms with Crippen LogP contribution in [0.15, 0.2) is 60.7 Å². The molecule has 0 bridgehead atoms. The minimum Gasteiger partial charge on any atom is -0.387 e. The van der Waals surface area contributed by atoms with E-state index in [9.17, 15) is 9.90 Å². The molecule has 1 unspecified atom stereocenters. The fourth-order valence-corrected chi connectivity index (χ4v) is 6.22. The molecule has 1 fully saturated rings. The van der Waals surface area contributed by atoms with Crippen molar-refractivity contribution in [1.29, 1.82) is 0 Å². The van der Waals surface area contributed by atoms with Crippen molar-refractivity contribution in [3.8, 4) is 11.3 Å². The summed E-state index contributed by atoms with van der Waals surface area (Å²) in [4.78, 5) is 25.2. The Morgan fingerprint density at radius 3 is 2.38 bits per heavy atom. The maximum absolute atomic E-state index is 13.0. The number of piperidine rings is 1. The lowest BCUT2D eigenvalue weighted by Gasteiger charge is -2.33. The average molecular weight is 539 g/mol. The van der Waals surface area contributed by atoms with Crippen LogP contribution in [0.25, 0.3) is 22.2 Å². The maximum Gasteiger partial charge on any atom is 0.236 e. The number of fused-ring (bicyclic) bond motifs is 1. The highest BCUT2D eigenvalue weighted by molar-refractivity contribution is 5.92. The lowest BCUT2D eigenvalue weighted by Crippen LogP contribution is -2.43. The molecule has 2 N–H and O–H groups in total. The van der Waals surface area contributed by atoms with E-state index in [-0.39, 0.29) is 5.91 Å². The number of aromatic nitrogens is 2. The van der Waals surface area contributed by atoms with Gasteiger partial charge in [-0.2, -0.15) is 0 Å². The number of benzene rings is 2. The van der Waals surface area contributed by atoms with E-state index in [0.29, 0.717) is 24.9 Å². The van der Waals surface area contributed by atoms with Crippen molar-refractivity contribution in [2.24, 2.45) is 0 Å². The molecule has 2 aromatic heterocycles. The predicted octanol–water partition coefficient (Wildman–Crippen LogP) is 6.34. The Morgan fingerprint density at radius 2 is 1.73 bits per heavy atom. The van der Waals surface area contributed by atoms with Crippen molar-refractivity contribution in [1.82, 2.24) is 19.8 Å². The molecule has 1 aliphatic rings. The van der Waals surface area contributed by atoms with E-state index in [4.69, 9.17) is 0 Å². The van der Waals surface area contributed by atoms with Gasteiger partial charge in [-0.05, 0) is 86.5 Å². The molecule has 40 heavy (non-hydrogen) atoms. The Hall–Kier alpha value is -3.48. The molecule has 6 nitrogen and oxygen atoms in total. The lowest BCUT2D eigenvalue weighted by molar-refractivity contribution is -0.133. The first-order valence-corrected chi connectivity index (χ1v) is 14.5. The van der Waals surface area contributed by atoms with Gasteiger partial charge in [0.25, 0.3) is 0 Å². The van der Waals surface area contributed by atoms with E-state index < -0.39 is 6.10 Å². The van der Waals surface area contributed by atoms with Gasteiger partial charge in [-0.3, -0.25) is 14.7 Å². The number of aromatic amines is 1. The normalized spacial score (nSPS) is 15.3. The second-order valence-electron chi connectivity index (χ2n) is 11.8. The first-order valence-electron chi connectivity index (χ1n) is 14.5. The Balaban J connectivity index is 1.25. The highest BCUT2D eigenvalue weighted by Crippen LogP contribution is 2.38. The third-order valence-electron chi connectivity index (χ3n) is 8.20. The fourth-order valence-electron chi connectivity index (χ4n) is 6.22. The highest BCUT2D eigenvalue weighted by Gasteiger charge is 2.26. The predicted molar refractivity (Wildman–Crippen MR) is 163 cm³/mol. The van der Waals surface area contributed by atoms with Crippen molar-refractivity contribution in [3.63, 3.8) is 0 Å². The number of hydrogen-bond donors (Lipinski definition) is 2. The molecule has 1 aliphatic heterocycles. The third-order valence-corrected chi connectivity index (χ3v) is 8.20. The Labute approximate surface area is 238 Å². The first kappa shape index (κ1) is 28.1. The van der Waals surface area contributed by atoms with Crippen LogP contribution in [0.5, 0.6) is 0 Å². The number of nitrogens with one attached hydrogen (secondary N) is 1. The van der Waals surface area contributed by atoms with Crippen molar-refractivity contribution < 1.29 is 9.90 Å². The van der Waals surface area contributed by atoms with Crippen LogP contribution < -0.4 is 0 Å². The smallest absolute Gasteiger partial charge is 0.236 e. The Kier molecular flexibility index (Phi) is 8.38. The molecule has 0 spiro atoms. The molecule has 2 aromatic carbocycles. The summed E-state index contributed by atoms with van der Waals surface area (Å²) in [7, 11) is 1.90. The average Bonchev–Trinajstić information content (AvgIpc) is 3.32. The second kappa shape index (κ2) is 11.9. The molecule has 1 atom stereocenters. The number of aryl methyl sites for hydroxylation is 2. The molecule has 5 rings (SSSR count). The summed E-state index contributed by atoms with van der Waals surface area (Å²) in [6.45, 7) is 10.9. The third kappa shape index (κ3) is 6.13. The topological polar surface area (TPSA) is 72.5 Å². The number of amides is 1. The van der Waals surface area contributed by atoms with Crippen molar-refractivity contribution in [2.75, 3.05) is 33.2 Å². The van der Waals surface area contributed by atoms with Gasteiger partial charge in [0.2, 0.25) is 5.91 Å². The van der Waals surface area contributed by atoms with Gasteiger partial charge in [-0.25, -0.2) is 0 Å². The number of aliphatic hydroxyl groups is 1. The van der Waals surface area contributed by atoms with Crippen LogP contribution in [-0.4, -0.2) is 64.0 Å². The molecule has 3 heterocycles. The van der Waals surface area contributed by atoms with Gasteiger partial charge in [0, 0.05) is 47.5 Å². The zero-order valence-corrected chi connectivity index (χ0v) is 24.4. The summed E-state index contributed by atoms with van der Waals surface area (Å²) in [5.41, 5.74) is 9.21. The van der Waals surface area contributed by atoms with Gasteiger partial charge in [0.15, 0.2) is 0 Å². The summed E-state index contributed by atoms with van der Waals surface area (Å²) < 4.78 is 0. The van der Waals surface area contributed by atoms with E-state index in [1.807, 2.05) is 47.2 Å². The van der Waals surface area contributed by atoms with E-state index in [2.05, 4.69) is 68.0 Å². The summed E-state index contributed by atoms with van der Waals surface area (Å²) in [5, 5.41) is 11.8. The number of H-pyrrole nitrogens is 1. The number of pyridine rings is 1. The van der Waals surface area contributed by atoms with Gasteiger partial charge in [-0.1, -0.05) is 50.2 Å². The van der Waals surface area contributed by atoms with E-state index >= 15 is 0 Å². The number of carbonyl (C=O) groups is 1. The van der Waals surface area contributed by atoms with Gasteiger partial charge in [0.05, 0.1) is 18.3 Å². The zero-order valence-electron chi connectivity index (χ0n) is 24.4. The fraction of sp³-hybridized carbons (Fsp3) is 0.412. The van der Waals surface area contributed by atoms with Gasteiger partial charge >= 0.3 is 0 Å². The lowest BCUT2D eigenvalue weighted by atomic mass is 9.87. The van der Waals surface area contributed by atoms with Crippen molar-refractivity contribution in [2.45, 2.75) is 58.5 Å². The molecule has 0 radical (unpaired) electrons.